The molecule has 0 aromatic heterocycles. The topological polar surface area (TPSA) is 24.4 Å². The largest absolute Gasteiger partial charge is 0.351 e. The van der Waals surface area contributed by atoms with E-state index in [1.807, 2.05) is 0 Å². The van der Waals surface area contributed by atoms with E-state index in [0.29, 0.717) is 5.92 Å². The molecular weight excluding hydrogens is 124 g/mol. The Morgan fingerprint density at radius 1 is 1.50 bits per heavy atom. The van der Waals surface area contributed by atoms with Gasteiger partial charge in [-0.05, 0) is 6.20 Å². The van der Waals surface area contributed by atoms with E-state index in [1.165, 1.54) is 6.20 Å². The van der Waals surface area contributed by atoms with Crippen LogP contribution in [0.15, 0.2) is 30.6 Å². The standard InChI is InChI=1S/C8H14N2/c1-5-9-8(7(3)4)10-6-2/h5-7H,1-2H2,3-4H3,(H,9,10). The summed E-state index contributed by atoms with van der Waals surface area (Å²) in [7, 11) is 0. The zero-order valence-electron chi connectivity index (χ0n) is 6.59. The van der Waals surface area contributed by atoms with Crippen molar-refractivity contribution in [2.75, 3.05) is 0 Å². The third kappa shape index (κ3) is 3.07. The van der Waals surface area contributed by atoms with Crippen molar-refractivity contribution < 1.29 is 0 Å². The molecule has 0 bridgehead atoms. The van der Waals surface area contributed by atoms with E-state index in [2.05, 4.69) is 37.3 Å². The number of hydrogen-bond acceptors (Lipinski definition) is 1. The molecule has 0 unspecified atom stereocenters. The number of aliphatic imine (C=N–C) groups is 1. The van der Waals surface area contributed by atoms with E-state index < -0.39 is 0 Å². The minimum absolute atomic E-state index is 0.385. The van der Waals surface area contributed by atoms with Crippen LogP contribution >= 0.6 is 0 Å². The minimum atomic E-state index is 0.385. The fourth-order valence-electron chi connectivity index (χ4n) is 0.556. The van der Waals surface area contributed by atoms with Gasteiger partial charge in [-0.25, -0.2) is 4.99 Å². The Bertz CT molecular complexity index is 145. The lowest BCUT2D eigenvalue weighted by Crippen LogP contribution is -2.22. The van der Waals surface area contributed by atoms with Gasteiger partial charge in [-0.15, -0.1) is 0 Å². The van der Waals surface area contributed by atoms with Gasteiger partial charge in [0.2, 0.25) is 0 Å². The van der Waals surface area contributed by atoms with Crippen LogP contribution in [0.5, 0.6) is 0 Å². The second-order valence-corrected chi connectivity index (χ2v) is 2.20. The average Bonchev–Trinajstić information content (AvgIpc) is 1.87. The minimum Gasteiger partial charge on any atom is -0.351 e. The first-order chi connectivity index (χ1) is 4.72. The van der Waals surface area contributed by atoms with Crippen molar-refractivity contribution in [2.45, 2.75) is 13.8 Å². The summed E-state index contributed by atoms with van der Waals surface area (Å²) in [4.78, 5) is 4.01. The number of nitrogens with one attached hydrogen (secondary N) is 1. The van der Waals surface area contributed by atoms with Crippen molar-refractivity contribution in [1.82, 2.24) is 5.32 Å². The number of nitrogens with zero attached hydrogens (tertiary/aromatic N) is 1. The van der Waals surface area contributed by atoms with Gasteiger partial charge >= 0.3 is 0 Å². The SMILES string of the molecule is C=CN=C(NC=C)C(C)C. The Hall–Kier alpha value is -1.05. The van der Waals surface area contributed by atoms with Crippen molar-refractivity contribution in [3.05, 3.63) is 25.6 Å². The van der Waals surface area contributed by atoms with E-state index in [1.54, 1.807) is 6.20 Å². The predicted molar refractivity (Wildman–Crippen MR) is 45.8 cm³/mol. The van der Waals surface area contributed by atoms with Gasteiger partial charge < -0.3 is 5.32 Å². The lowest BCUT2D eigenvalue weighted by Gasteiger charge is -2.07. The third-order valence-corrected chi connectivity index (χ3v) is 1.03. The summed E-state index contributed by atoms with van der Waals surface area (Å²) in [6, 6.07) is 0. The molecule has 0 aliphatic carbocycles. The van der Waals surface area contributed by atoms with Crippen molar-refractivity contribution in [3.63, 3.8) is 0 Å². The van der Waals surface area contributed by atoms with Gasteiger partial charge in [0.25, 0.3) is 0 Å². The molecule has 2 heteroatoms. The molecule has 2 nitrogen and oxygen atoms in total. The van der Waals surface area contributed by atoms with Crippen molar-refractivity contribution in [2.24, 2.45) is 10.9 Å². The number of amidine groups is 1. The smallest absolute Gasteiger partial charge is 0.108 e. The monoisotopic (exact) mass is 138 g/mol. The molecule has 0 heterocycles. The molecule has 0 fully saturated rings. The van der Waals surface area contributed by atoms with Gasteiger partial charge in [-0.1, -0.05) is 27.0 Å². The van der Waals surface area contributed by atoms with E-state index in [-0.39, 0.29) is 0 Å². The van der Waals surface area contributed by atoms with E-state index in [9.17, 15) is 0 Å². The Kier molecular flexibility index (Phi) is 4.29. The maximum Gasteiger partial charge on any atom is 0.108 e. The molecule has 0 aromatic rings. The maximum absolute atomic E-state index is 4.01. The van der Waals surface area contributed by atoms with Gasteiger partial charge in [0.05, 0.1) is 0 Å². The Morgan fingerprint density at radius 3 is 2.40 bits per heavy atom. The van der Waals surface area contributed by atoms with Gasteiger partial charge in [0.1, 0.15) is 5.84 Å². The Labute approximate surface area is 62.4 Å². The van der Waals surface area contributed by atoms with Crippen LogP contribution in [0.3, 0.4) is 0 Å². The summed E-state index contributed by atoms with van der Waals surface area (Å²) in [5.74, 6) is 1.28. The van der Waals surface area contributed by atoms with Crippen LogP contribution in [0.1, 0.15) is 13.8 Å². The first-order valence-corrected chi connectivity index (χ1v) is 3.28. The molecule has 0 aliphatic rings. The highest BCUT2D eigenvalue weighted by molar-refractivity contribution is 5.85. The van der Waals surface area contributed by atoms with Crippen LogP contribution in [0.4, 0.5) is 0 Å². The zero-order chi connectivity index (χ0) is 7.98. The molecule has 0 aromatic carbocycles. The summed E-state index contributed by atoms with van der Waals surface area (Å²) in [5.41, 5.74) is 0. The van der Waals surface area contributed by atoms with Gasteiger partial charge in [-0.2, -0.15) is 0 Å². The molecule has 10 heavy (non-hydrogen) atoms. The third-order valence-electron chi connectivity index (χ3n) is 1.03. The lowest BCUT2D eigenvalue weighted by molar-refractivity contribution is 0.848. The van der Waals surface area contributed by atoms with E-state index >= 15 is 0 Å². The quantitative estimate of drug-likeness (QED) is 0.467. The Balaban J connectivity index is 4.09. The Morgan fingerprint density at radius 2 is 2.10 bits per heavy atom. The highest BCUT2D eigenvalue weighted by Gasteiger charge is 1.99. The summed E-state index contributed by atoms with van der Waals surface area (Å²) < 4.78 is 0. The summed E-state index contributed by atoms with van der Waals surface area (Å²) in [5, 5.41) is 2.93. The van der Waals surface area contributed by atoms with Crippen LogP contribution in [-0.2, 0) is 0 Å². The molecular formula is C8H14N2. The van der Waals surface area contributed by atoms with Gasteiger partial charge in [0.15, 0.2) is 0 Å². The average molecular weight is 138 g/mol. The van der Waals surface area contributed by atoms with Gasteiger partial charge in [-0.3, -0.25) is 0 Å². The number of rotatable bonds is 3. The molecule has 56 valence electrons. The first-order valence-electron chi connectivity index (χ1n) is 3.28. The normalized spacial score (nSPS) is 11.3. The first kappa shape index (κ1) is 8.95. The summed E-state index contributed by atoms with van der Waals surface area (Å²) >= 11 is 0. The second kappa shape index (κ2) is 4.79. The van der Waals surface area contributed by atoms with Crippen LogP contribution in [-0.4, -0.2) is 5.84 Å². The van der Waals surface area contributed by atoms with Crippen molar-refractivity contribution in [1.29, 1.82) is 0 Å². The molecule has 0 spiro atoms. The molecule has 0 amide bonds. The maximum atomic E-state index is 4.01. The van der Waals surface area contributed by atoms with Crippen molar-refractivity contribution >= 4 is 5.84 Å². The van der Waals surface area contributed by atoms with Crippen LogP contribution < -0.4 is 5.32 Å². The molecule has 0 saturated heterocycles. The van der Waals surface area contributed by atoms with Crippen LogP contribution in [0, 0.1) is 5.92 Å². The molecule has 0 radical (unpaired) electrons. The summed E-state index contributed by atoms with van der Waals surface area (Å²) in [6.45, 7) is 11.2. The lowest BCUT2D eigenvalue weighted by atomic mass is 10.2. The molecule has 0 aliphatic heterocycles. The molecule has 0 saturated carbocycles. The fourth-order valence-corrected chi connectivity index (χ4v) is 0.556. The molecule has 0 rings (SSSR count). The van der Waals surface area contributed by atoms with Crippen LogP contribution in [0.2, 0.25) is 0 Å². The number of hydrogen-bond donors (Lipinski definition) is 1. The van der Waals surface area contributed by atoms with Crippen LogP contribution in [0.25, 0.3) is 0 Å². The summed E-state index contributed by atoms with van der Waals surface area (Å²) in [6.07, 6.45) is 3.13. The fraction of sp³-hybridized carbons (Fsp3) is 0.375. The highest BCUT2D eigenvalue weighted by Crippen LogP contribution is 1.93. The van der Waals surface area contributed by atoms with Crippen molar-refractivity contribution in [3.8, 4) is 0 Å². The predicted octanol–water partition coefficient (Wildman–Crippen LogP) is 1.92. The molecule has 1 N–H and O–H groups in total. The second-order valence-electron chi connectivity index (χ2n) is 2.20. The van der Waals surface area contributed by atoms with E-state index in [0.717, 1.165) is 5.84 Å². The highest BCUT2D eigenvalue weighted by atomic mass is 15.0. The van der Waals surface area contributed by atoms with E-state index in [4.69, 9.17) is 0 Å². The zero-order valence-corrected chi connectivity index (χ0v) is 6.59. The van der Waals surface area contributed by atoms with Gasteiger partial charge in [0, 0.05) is 12.1 Å². The molecule has 0 atom stereocenters.